The lowest BCUT2D eigenvalue weighted by molar-refractivity contribution is 0.110. The fourth-order valence-electron chi connectivity index (χ4n) is 1.97. The van der Waals surface area contributed by atoms with Crippen LogP contribution in [0.25, 0.3) is 11.0 Å². The van der Waals surface area contributed by atoms with Crippen LogP contribution in [0.15, 0.2) is 16.5 Å². The number of fused-ring (bicyclic) bond motifs is 1. The fraction of sp³-hybridized carbons (Fsp3) is 0.308. The summed E-state index contributed by atoms with van der Waals surface area (Å²) in [4.78, 5) is 10.9. The molecule has 1 heterocycles. The third-order valence-electron chi connectivity index (χ3n) is 2.77. The molecule has 0 saturated heterocycles. The van der Waals surface area contributed by atoms with E-state index in [0.29, 0.717) is 29.3 Å². The molecule has 1 aromatic carbocycles. The summed E-state index contributed by atoms with van der Waals surface area (Å²) in [6.07, 6.45) is 1.44. The summed E-state index contributed by atoms with van der Waals surface area (Å²) in [6, 6.07) is 3.54. The van der Waals surface area contributed by atoms with Gasteiger partial charge in [-0.2, -0.15) is 0 Å². The number of ether oxygens (including phenoxy) is 2. The average molecular weight is 234 g/mol. The first-order valence-corrected chi connectivity index (χ1v) is 5.37. The standard InChI is InChI=1S/C13H14O4/c1-4-9-12(7-14)17-11-6-8(15-2)5-10(16-3)13(9)11/h5-7H,4H2,1-3H3. The van der Waals surface area contributed by atoms with E-state index in [0.717, 1.165) is 17.2 Å². The predicted molar refractivity (Wildman–Crippen MR) is 64.1 cm³/mol. The topological polar surface area (TPSA) is 48.7 Å². The normalized spacial score (nSPS) is 10.5. The number of aryl methyl sites for hydroxylation is 1. The molecule has 1 aromatic heterocycles. The highest BCUT2D eigenvalue weighted by molar-refractivity contribution is 5.94. The molecule has 17 heavy (non-hydrogen) atoms. The lowest BCUT2D eigenvalue weighted by Crippen LogP contribution is -1.90. The van der Waals surface area contributed by atoms with E-state index in [-0.39, 0.29) is 0 Å². The van der Waals surface area contributed by atoms with Gasteiger partial charge in [-0.25, -0.2) is 0 Å². The Morgan fingerprint density at radius 2 is 2.06 bits per heavy atom. The molecule has 0 fully saturated rings. The first-order chi connectivity index (χ1) is 8.24. The van der Waals surface area contributed by atoms with E-state index in [1.807, 2.05) is 6.92 Å². The largest absolute Gasteiger partial charge is 0.496 e. The van der Waals surface area contributed by atoms with Crippen molar-refractivity contribution in [1.82, 2.24) is 0 Å². The average Bonchev–Trinajstić information content (AvgIpc) is 2.74. The molecule has 90 valence electrons. The Balaban J connectivity index is 2.82. The van der Waals surface area contributed by atoms with Crippen molar-refractivity contribution < 1.29 is 18.7 Å². The van der Waals surface area contributed by atoms with Crippen LogP contribution in [0.2, 0.25) is 0 Å². The van der Waals surface area contributed by atoms with Crippen molar-refractivity contribution in [3.8, 4) is 11.5 Å². The number of rotatable bonds is 4. The van der Waals surface area contributed by atoms with Gasteiger partial charge in [0.2, 0.25) is 0 Å². The zero-order valence-corrected chi connectivity index (χ0v) is 10.1. The molecule has 0 N–H and O–H groups in total. The molecule has 0 unspecified atom stereocenters. The van der Waals surface area contributed by atoms with E-state index in [1.54, 1.807) is 26.4 Å². The van der Waals surface area contributed by atoms with E-state index in [1.165, 1.54) is 0 Å². The van der Waals surface area contributed by atoms with Gasteiger partial charge in [-0.05, 0) is 6.42 Å². The lowest BCUT2D eigenvalue weighted by Gasteiger charge is -2.05. The van der Waals surface area contributed by atoms with Crippen molar-refractivity contribution in [3.63, 3.8) is 0 Å². The van der Waals surface area contributed by atoms with E-state index in [4.69, 9.17) is 13.9 Å². The van der Waals surface area contributed by atoms with Crippen LogP contribution in [0.3, 0.4) is 0 Å². The van der Waals surface area contributed by atoms with Crippen LogP contribution in [-0.2, 0) is 6.42 Å². The number of carbonyl (C=O) groups is 1. The molecule has 0 aliphatic rings. The molecular weight excluding hydrogens is 220 g/mol. The van der Waals surface area contributed by atoms with Crippen LogP contribution < -0.4 is 9.47 Å². The first kappa shape index (κ1) is 11.5. The Kier molecular flexibility index (Phi) is 3.04. The van der Waals surface area contributed by atoms with Crippen LogP contribution in [0.4, 0.5) is 0 Å². The maximum absolute atomic E-state index is 10.9. The van der Waals surface area contributed by atoms with Crippen molar-refractivity contribution in [3.05, 3.63) is 23.5 Å². The van der Waals surface area contributed by atoms with Gasteiger partial charge >= 0.3 is 0 Å². The molecule has 4 heteroatoms. The van der Waals surface area contributed by atoms with Crippen LogP contribution in [0.1, 0.15) is 23.0 Å². The van der Waals surface area contributed by atoms with Gasteiger partial charge in [0.05, 0.1) is 19.6 Å². The van der Waals surface area contributed by atoms with Crippen LogP contribution >= 0.6 is 0 Å². The lowest BCUT2D eigenvalue weighted by atomic mass is 10.1. The van der Waals surface area contributed by atoms with Crippen molar-refractivity contribution in [2.45, 2.75) is 13.3 Å². The molecule has 0 aliphatic carbocycles. The molecule has 2 rings (SSSR count). The third-order valence-corrected chi connectivity index (χ3v) is 2.77. The van der Waals surface area contributed by atoms with Crippen LogP contribution in [-0.4, -0.2) is 20.5 Å². The summed E-state index contributed by atoms with van der Waals surface area (Å²) in [5, 5.41) is 0.845. The number of furan rings is 1. The molecule has 0 saturated carbocycles. The monoisotopic (exact) mass is 234 g/mol. The molecule has 0 atom stereocenters. The van der Waals surface area contributed by atoms with Crippen molar-refractivity contribution in [2.75, 3.05) is 14.2 Å². The predicted octanol–water partition coefficient (Wildman–Crippen LogP) is 2.82. The van der Waals surface area contributed by atoms with Gasteiger partial charge in [0.15, 0.2) is 12.0 Å². The molecule has 0 aliphatic heterocycles. The van der Waals surface area contributed by atoms with Crippen LogP contribution in [0, 0.1) is 0 Å². The second-order valence-electron chi connectivity index (χ2n) is 3.62. The summed E-state index contributed by atoms with van der Waals surface area (Å²) in [6.45, 7) is 1.97. The Morgan fingerprint density at radius 1 is 1.29 bits per heavy atom. The Morgan fingerprint density at radius 3 is 2.59 bits per heavy atom. The summed E-state index contributed by atoms with van der Waals surface area (Å²) >= 11 is 0. The smallest absolute Gasteiger partial charge is 0.185 e. The quantitative estimate of drug-likeness (QED) is 0.763. The minimum absolute atomic E-state index is 0.356. The SMILES string of the molecule is CCc1c(C=O)oc2cc(OC)cc(OC)c12. The molecule has 0 bridgehead atoms. The van der Waals surface area contributed by atoms with Gasteiger partial charge < -0.3 is 13.9 Å². The van der Waals surface area contributed by atoms with Gasteiger partial charge in [0, 0.05) is 17.7 Å². The number of hydrogen-bond donors (Lipinski definition) is 0. The van der Waals surface area contributed by atoms with Gasteiger partial charge in [0.1, 0.15) is 17.1 Å². The maximum Gasteiger partial charge on any atom is 0.185 e. The zero-order chi connectivity index (χ0) is 12.4. The van der Waals surface area contributed by atoms with Gasteiger partial charge in [-0.15, -0.1) is 0 Å². The Bertz CT molecular complexity index is 554. The number of aldehydes is 1. The summed E-state index contributed by atoms with van der Waals surface area (Å²) in [5.41, 5.74) is 1.48. The molecular formula is C13H14O4. The molecule has 0 radical (unpaired) electrons. The van der Waals surface area contributed by atoms with E-state index < -0.39 is 0 Å². The van der Waals surface area contributed by atoms with E-state index >= 15 is 0 Å². The fourth-order valence-corrected chi connectivity index (χ4v) is 1.97. The zero-order valence-electron chi connectivity index (χ0n) is 10.1. The van der Waals surface area contributed by atoms with Crippen molar-refractivity contribution >= 4 is 17.3 Å². The summed E-state index contributed by atoms with van der Waals surface area (Å²) in [5.74, 6) is 1.66. The van der Waals surface area contributed by atoms with Gasteiger partial charge in [0.25, 0.3) is 0 Å². The molecule has 0 spiro atoms. The number of benzene rings is 1. The summed E-state index contributed by atoms with van der Waals surface area (Å²) in [7, 11) is 3.16. The Labute approximate surface area is 99.1 Å². The van der Waals surface area contributed by atoms with Crippen molar-refractivity contribution in [1.29, 1.82) is 0 Å². The van der Waals surface area contributed by atoms with E-state index in [9.17, 15) is 4.79 Å². The molecule has 4 nitrogen and oxygen atoms in total. The number of carbonyl (C=O) groups excluding carboxylic acids is 1. The maximum atomic E-state index is 10.9. The minimum atomic E-state index is 0.356. The highest BCUT2D eigenvalue weighted by atomic mass is 16.5. The first-order valence-electron chi connectivity index (χ1n) is 5.37. The highest BCUT2D eigenvalue weighted by Gasteiger charge is 2.17. The van der Waals surface area contributed by atoms with Gasteiger partial charge in [-0.3, -0.25) is 4.79 Å². The molecule has 0 amide bonds. The van der Waals surface area contributed by atoms with Gasteiger partial charge in [-0.1, -0.05) is 6.92 Å². The van der Waals surface area contributed by atoms with E-state index in [2.05, 4.69) is 0 Å². The highest BCUT2D eigenvalue weighted by Crippen LogP contribution is 2.36. The Hall–Kier alpha value is -1.97. The number of methoxy groups -OCH3 is 2. The third kappa shape index (κ3) is 1.75. The van der Waals surface area contributed by atoms with Crippen LogP contribution in [0.5, 0.6) is 11.5 Å². The second kappa shape index (κ2) is 4.49. The summed E-state index contributed by atoms with van der Waals surface area (Å²) < 4.78 is 16.0. The number of hydrogen-bond acceptors (Lipinski definition) is 4. The second-order valence-corrected chi connectivity index (χ2v) is 3.62. The van der Waals surface area contributed by atoms with Crippen molar-refractivity contribution in [2.24, 2.45) is 0 Å². The minimum Gasteiger partial charge on any atom is -0.496 e. The molecule has 2 aromatic rings.